The smallest absolute Gasteiger partial charge is 0.269 e. The Kier molecular flexibility index (Phi) is 3.99. The van der Waals surface area contributed by atoms with E-state index in [-0.39, 0.29) is 10.6 Å². The molecule has 98 valence electrons. The average molecular weight is 273 g/mol. The fourth-order valence-electron chi connectivity index (χ4n) is 1.10. The summed E-state index contributed by atoms with van der Waals surface area (Å²) in [6.07, 6.45) is 0. The second-order valence-electron chi connectivity index (χ2n) is 3.41. The number of nitro groups is 1. The number of rotatable bonds is 5. The van der Waals surface area contributed by atoms with Crippen molar-refractivity contribution in [1.29, 1.82) is 0 Å². The van der Waals surface area contributed by atoms with Gasteiger partial charge in [0.25, 0.3) is 5.69 Å². The third-order valence-corrected chi connectivity index (χ3v) is 3.60. The van der Waals surface area contributed by atoms with Gasteiger partial charge in [0.05, 0.1) is 21.8 Å². The van der Waals surface area contributed by atoms with Crippen molar-refractivity contribution in [1.82, 2.24) is 4.72 Å². The van der Waals surface area contributed by atoms with E-state index in [2.05, 4.69) is 0 Å². The zero-order chi connectivity index (χ0) is 13.9. The van der Waals surface area contributed by atoms with E-state index in [1.807, 2.05) is 4.72 Å². The monoisotopic (exact) mass is 273 g/mol. The fourth-order valence-corrected chi connectivity index (χ4v) is 2.29. The number of carboxylic acid groups (broad SMARTS) is 1. The first-order valence-electron chi connectivity index (χ1n) is 4.71. The summed E-state index contributed by atoms with van der Waals surface area (Å²) in [5.74, 6) is -1.57. The van der Waals surface area contributed by atoms with Crippen molar-refractivity contribution in [2.75, 3.05) is 0 Å². The van der Waals surface area contributed by atoms with Gasteiger partial charge in [-0.25, -0.2) is 13.1 Å². The van der Waals surface area contributed by atoms with Gasteiger partial charge in [0.2, 0.25) is 10.0 Å². The number of nitro benzene ring substituents is 1. The van der Waals surface area contributed by atoms with Crippen LogP contribution in [0.2, 0.25) is 0 Å². The summed E-state index contributed by atoms with van der Waals surface area (Å²) >= 11 is 0. The van der Waals surface area contributed by atoms with Crippen molar-refractivity contribution in [3.05, 3.63) is 34.4 Å². The maximum atomic E-state index is 11.7. The lowest BCUT2D eigenvalue weighted by atomic mass is 10.3. The SMILES string of the molecule is C[C@H](NS(=O)(=O)c1ccc([N+](=O)[O-])cc1)C(=O)[O-]. The molecule has 0 aliphatic rings. The first-order chi connectivity index (χ1) is 8.24. The molecule has 0 aliphatic carbocycles. The summed E-state index contributed by atoms with van der Waals surface area (Å²) in [5, 5.41) is 20.8. The van der Waals surface area contributed by atoms with Crippen LogP contribution in [0.15, 0.2) is 29.2 Å². The van der Waals surface area contributed by atoms with Crippen LogP contribution in [0.1, 0.15) is 6.92 Å². The van der Waals surface area contributed by atoms with E-state index in [1.165, 1.54) is 0 Å². The molecule has 0 fully saturated rings. The van der Waals surface area contributed by atoms with E-state index >= 15 is 0 Å². The normalized spacial score (nSPS) is 12.9. The van der Waals surface area contributed by atoms with Crippen molar-refractivity contribution < 1.29 is 23.2 Å². The lowest BCUT2D eigenvalue weighted by Crippen LogP contribution is -2.45. The second-order valence-corrected chi connectivity index (χ2v) is 5.13. The molecule has 18 heavy (non-hydrogen) atoms. The number of carbonyl (C=O) groups is 1. The van der Waals surface area contributed by atoms with E-state index in [0.717, 1.165) is 31.2 Å². The van der Waals surface area contributed by atoms with Gasteiger partial charge >= 0.3 is 0 Å². The number of nitrogens with zero attached hydrogens (tertiary/aromatic N) is 1. The third kappa shape index (κ3) is 3.25. The van der Waals surface area contributed by atoms with Crippen molar-refractivity contribution in [2.45, 2.75) is 17.9 Å². The summed E-state index contributed by atoms with van der Waals surface area (Å²) in [7, 11) is -4.04. The number of non-ortho nitro benzene ring substituents is 1. The largest absolute Gasteiger partial charge is 0.548 e. The molecule has 0 saturated heterocycles. The highest BCUT2D eigenvalue weighted by atomic mass is 32.2. The molecule has 0 aromatic heterocycles. The highest BCUT2D eigenvalue weighted by molar-refractivity contribution is 7.89. The molecule has 1 rings (SSSR count). The standard InChI is InChI=1S/C9H10N2O6S/c1-6(9(12)13)10-18(16,17)8-4-2-7(3-5-8)11(14)15/h2-6,10H,1H3,(H,12,13)/p-1/t6-/m0/s1. The Morgan fingerprint density at radius 3 is 2.22 bits per heavy atom. The molecule has 1 aromatic rings. The lowest BCUT2D eigenvalue weighted by molar-refractivity contribution is -0.384. The minimum absolute atomic E-state index is 0.262. The van der Waals surface area contributed by atoms with E-state index in [9.17, 15) is 28.4 Å². The van der Waals surface area contributed by atoms with Gasteiger partial charge in [-0.15, -0.1) is 0 Å². The Bertz CT molecular complexity index is 565. The average Bonchev–Trinajstić information content (AvgIpc) is 2.28. The van der Waals surface area contributed by atoms with Crippen LogP contribution in [0.25, 0.3) is 0 Å². The van der Waals surface area contributed by atoms with Crippen LogP contribution in [-0.2, 0) is 14.8 Å². The van der Waals surface area contributed by atoms with Gasteiger partial charge in [0.15, 0.2) is 0 Å². The number of carbonyl (C=O) groups excluding carboxylic acids is 1. The summed E-state index contributed by atoms with van der Waals surface area (Å²) in [5.41, 5.74) is -0.262. The molecular formula is C9H9N2O6S-. The van der Waals surface area contributed by atoms with Crippen molar-refractivity contribution in [3.63, 3.8) is 0 Å². The van der Waals surface area contributed by atoms with E-state index in [0.29, 0.717) is 0 Å². The fraction of sp³-hybridized carbons (Fsp3) is 0.222. The number of benzene rings is 1. The zero-order valence-electron chi connectivity index (χ0n) is 9.19. The highest BCUT2D eigenvalue weighted by Gasteiger charge is 2.18. The molecule has 0 amide bonds. The molecule has 0 spiro atoms. The van der Waals surface area contributed by atoms with Crippen LogP contribution in [-0.4, -0.2) is 25.4 Å². The predicted molar refractivity (Wildman–Crippen MR) is 57.9 cm³/mol. The van der Waals surface area contributed by atoms with E-state index in [1.54, 1.807) is 0 Å². The van der Waals surface area contributed by atoms with Crippen LogP contribution in [0.4, 0.5) is 5.69 Å². The van der Waals surface area contributed by atoms with Crippen LogP contribution in [0, 0.1) is 10.1 Å². The van der Waals surface area contributed by atoms with Gasteiger partial charge in [0, 0.05) is 12.1 Å². The van der Waals surface area contributed by atoms with E-state index < -0.39 is 27.0 Å². The molecule has 1 atom stereocenters. The molecular weight excluding hydrogens is 264 g/mol. The molecule has 1 N–H and O–H groups in total. The van der Waals surface area contributed by atoms with E-state index in [4.69, 9.17) is 0 Å². The Morgan fingerprint density at radius 2 is 1.83 bits per heavy atom. The second kappa shape index (κ2) is 5.10. The summed E-state index contributed by atoms with van der Waals surface area (Å²) in [4.78, 5) is 19.9. The Balaban J connectivity index is 2.99. The van der Waals surface area contributed by atoms with Crippen molar-refractivity contribution in [2.24, 2.45) is 0 Å². The number of hydrogen-bond acceptors (Lipinski definition) is 6. The van der Waals surface area contributed by atoms with Gasteiger partial charge in [0.1, 0.15) is 0 Å². The van der Waals surface area contributed by atoms with Crippen molar-refractivity contribution >= 4 is 21.7 Å². The first-order valence-corrected chi connectivity index (χ1v) is 6.20. The van der Waals surface area contributed by atoms with Gasteiger partial charge < -0.3 is 9.90 Å². The van der Waals surface area contributed by atoms with Gasteiger partial charge in [-0.05, 0) is 19.1 Å². The Morgan fingerprint density at radius 1 is 1.33 bits per heavy atom. The zero-order valence-corrected chi connectivity index (χ0v) is 10.0. The minimum atomic E-state index is -4.04. The molecule has 0 aliphatic heterocycles. The van der Waals surface area contributed by atoms with Gasteiger partial charge in [-0.3, -0.25) is 10.1 Å². The first kappa shape index (κ1) is 14.1. The minimum Gasteiger partial charge on any atom is -0.548 e. The number of carboxylic acids is 1. The van der Waals surface area contributed by atoms with Crippen LogP contribution < -0.4 is 9.83 Å². The summed E-state index contributed by atoms with van der Waals surface area (Å²) < 4.78 is 25.2. The van der Waals surface area contributed by atoms with Gasteiger partial charge in [-0.1, -0.05) is 0 Å². The number of sulfonamides is 1. The molecule has 0 bridgehead atoms. The number of hydrogen-bond donors (Lipinski definition) is 1. The predicted octanol–water partition coefficient (Wildman–Crippen LogP) is -0.988. The quantitative estimate of drug-likeness (QED) is 0.541. The molecule has 9 heteroatoms. The van der Waals surface area contributed by atoms with Crippen LogP contribution in [0.5, 0.6) is 0 Å². The maximum absolute atomic E-state index is 11.7. The molecule has 0 saturated carbocycles. The molecule has 0 radical (unpaired) electrons. The Labute approximate surface area is 102 Å². The molecule has 1 aromatic carbocycles. The lowest BCUT2D eigenvalue weighted by Gasteiger charge is -2.14. The maximum Gasteiger partial charge on any atom is 0.269 e. The topological polar surface area (TPSA) is 129 Å². The van der Waals surface area contributed by atoms with Gasteiger partial charge in [-0.2, -0.15) is 0 Å². The molecule has 0 unspecified atom stereocenters. The van der Waals surface area contributed by atoms with Crippen molar-refractivity contribution in [3.8, 4) is 0 Å². The molecule has 0 heterocycles. The summed E-state index contributed by atoms with van der Waals surface area (Å²) in [6, 6.07) is 2.66. The number of nitrogens with one attached hydrogen (secondary N) is 1. The highest BCUT2D eigenvalue weighted by Crippen LogP contribution is 2.15. The number of aliphatic carboxylic acids is 1. The van der Waals surface area contributed by atoms with Crippen LogP contribution >= 0.6 is 0 Å². The van der Waals surface area contributed by atoms with Crippen LogP contribution in [0.3, 0.4) is 0 Å². The third-order valence-electron chi connectivity index (χ3n) is 2.04. The summed E-state index contributed by atoms with van der Waals surface area (Å²) in [6.45, 7) is 1.11. The Hall–Kier alpha value is -2.00. The molecule has 8 nitrogen and oxygen atoms in total.